The van der Waals surface area contributed by atoms with Gasteiger partial charge in [-0.1, -0.05) is 34.1 Å². The zero-order valence-electron chi connectivity index (χ0n) is 18.2. The monoisotopic (exact) mass is 436 g/mol. The largest absolute Gasteiger partial charge is 0.507 e. The van der Waals surface area contributed by atoms with E-state index in [-0.39, 0.29) is 38.9 Å². The normalized spacial score (nSPS) is 36.1. The van der Waals surface area contributed by atoms with E-state index in [9.17, 15) is 18.3 Å². The Morgan fingerprint density at radius 3 is 2.50 bits per heavy atom. The summed E-state index contributed by atoms with van der Waals surface area (Å²) in [5.74, 6) is -0.764. The second-order valence-corrected chi connectivity index (χ2v) is 12.7. The maximum Gasteiger partial charge on any atom is 0.341 e. The van der Waals surface area contributed by atoms with Crippen molar-refractivity contribution in [1.82, 2.24) is 0 Å². The molecule has 30 heavy (non-hydrogen) atoms. The van der Waals surface area contributed by atoms with E-state index >= 15 is 0 Å². The molecule has 2 fully saturated rings. The second-order valence-electron chi connectivity index (χ2n) is 10.7. The quantitative estimate of drug-likeness (QED) is 0.738. The molecule has 166 valence electrons. The second kappa shape index (κ2) is 6.62. The Bertz CT molecular complexity index is 997. The number of fused-ring (bicyclic) bond motifs is 5. The number of aromatic hydroxyl groups is 1. The molecule has 0 spiro atoms. The Morgan fingerprint density at radius 2 is 1.83 bits per heavy atom. The van der Waals surface area contributed by atoms with Crippen molar-refractivity contribution in [2.75, 3.05) is 12.4 Å². The highest BCUT2D eigenvalue weighted by molar-refractivity contribution is 7.91. The maximum absolute atomic E-state index is 13.4. The molecule has 2 saturated carbocycles. The van der Waals surface area contributed by atoms with E-state index in [4.69, 9.17) is 9.84 Å². The number of phenols is 1. The van der Waals surface area contributed by atoms with E-state index in [1.807, 2.05) is 0 Å². The molecule has 0 unspecified atom stereocenters. The van der Waals surface area contributed by atoms with E-state index < -0.39 is 27.8 Å². The molecule has 2 N–H and O–H groups in total. The van der Waals surface area contributed by atoms with Crippen molar-refractivity contribution in [3.05, 3.63) is 17.7 Å². The Balaban J connectivity index is 1.85. The van der Waals surface area contributed by atoms with Gasteiger partial charge in [0.15, 0.2) is 16.4 Å². The van der Waals surface area contributed by atoms with Gasteiger partial charge < -0.3 is 14.9 Å². The van der Waals surface area contributed by atoms with Crippen molar-refractivity contribution in [3.63, 3.8) is 0 Å². The van der Waals surface area contributed by atoms with Crippen LogP contribution in [0.25, 0.3) is 0 Å². The molecular formula is C23H32O6S. The lowest BCUT2D eigenvalue weighted by Crippen LogP contribution is -2.59. The zero-order valence-corrected chi connectivity index (χ0v) is 19.0. The molecule has 0 aromatic heterocycles. The van der Waals surface area contributed by atoms with E-state index in [1.54, 1.807) is 0 Å². The highest BCUT2D eigenvalue weighted by Crippen LogP contribution is 2.67. The number of phenolic OH excluding ortho intramolecular Hbond substituents is 1. The predicted octanol–water partition coefficient (Wildman–Crippen LogP) is 4.14. The van der Waals surface area contributed by atoms with Crippen LogP contribution in [0.5, 0.6) is 11.5 Å². The van der Waals surface area contributed by atoms with Gasteiger partial charge >= 0.3 is 5.97 Å². The van der Waals surface area contributed by atoms with Gasteiger partial charge in [0.25, 0.3) is 0 Å². The lowest BCUT2D eigenvalue weighted by atomic mass is 9.43. The van der Waals surface area contributed by atoms with Gasteiger partial charge in [0.2, 0.25) is 0 Å². The molecule has 2 aliphatic carbocycles. The van der Waals surface area contributed by atoms with Crippen LogP contribution >= 0.6 is 0 Å². The van der Waals surface area contributed by atoms with Crippen LogP contribution in [0, 0.1) is 22.7 Å². The maximum atomic E-state index is 13.4. The molecule has 4 atom stereocenters. The molecule has 6 nitrogen and oxygen atoms in total. The van der Waals surface area contributed by atoms with Gasteiger partial charge in [0, 0.05) is 17.0 Å². The first-order chi connectivity index (χ1) is 13.8. The van der Waals surface area contributed by atoms with E-state index in [0.717, 1.165) is 32.1 Å². The van der Waals surface area contributed by atoms with Crippen LogP contribution < -0.4 is 4.74 Å². The van der Waals surface area contributed by atoms with Crippen LogP contribution in [-0.2, 0) is 20.0 Å². The van der Waals surface area contributed by atoms with Gasteiger partial charge in [-0.25, -0.2) is 13.2 Å². The van der Waals surface area contributed by atoms with Gasteiger partial charge in [0.1, 0.15) is 11.5 Å². The molecule has 0 radical (unpaired) electrons. The SMILES string of the molecule is CC1(C)CCC[C@]2(C)[C@H]3CS(=O)(=O)c4cc(OCC(=O)O)cc(O)c4[C@]3(C)CC[C@@H]12. The molecule has 0 saturated heterocycles. The molecule has 0 bridgehead atoms. The predicted molar refractivity (Wildman–Crippen MR) is 113 cm³/mol. The number of hydrogen-bond donors (Lipinski definition) is 2. The van der Waals surface area contributed by atoms with Crippen LogP contribution in [0.4, 0.5) is 0 Å². The summed E-state index contributed by atoms with van der Waals surface area (Å²) in [7, 11) is -3.65. The first-order valence-electron chi connectivity index (χ1n) is 10.8. The number of aliphatic carboxylic acids is 1. The first kappa shape index (κ1) is 21.5. The Hall–Kier alpha value is -1.76. The lowest BCUT2D eigenvalue weighted by Gasteiger charge is -2.63. The summed E-state index contributed by atoms with van der Waals surface area (Å²) in [6.07, 6.45) is 5.09. The fourth-order valence-electron chi connectivity index (χ4n) is 7.26. The molecule has 1 heterocycles. The van der Waals surface area contributed by atoms with Crippen molar-refractivity contribution in [3.8, 4) is 11.5 Å². The third-order valence-corrected chi connectivity index (χ3v) is 10.3. The summed E-state index contributed by atoms with van der Waals surface area (Å²) in [6.45, 7) is 8.40. The van der Waals surface area contributed by atoms with E-state index in [0.29, 0.717) is 11.5 Å². The van der Waals surface area contributed by atoms with Crippen molar-refractivity contribution < 1.29 is 28.2 Å². The summed E-state index contributed by atoms with van der Waals surface area (Å²) < 4.78 is 32.0. The summed E-state index contributed by atoms with van der Waals surface area (Å²) in [4.78, 5) is 10.9. The third-order valence-electron chi connectivity index (χ3n) is 8.50. The zero-order chi connectivity index (χ0) is 22.1. The van der Waals surface area contributed by atoms with Gasteiger partial charge in [-0.3, -0.25) is 0 Å². The van der Waals surface area contributed by atoms with Crippen LogP contribution in [0.15, 0.2) is 17.0 Å². The number of sulfone groups is 1. The smallest absolute Gasteiger partial charge is 0.341 e. The number of carboxylic acid groups (broad SMARTS) is 1. The molecule has 1 aliphatic heterocycles. The molecular weight excluding hydrogens is 404 g/mol. The molecule has 3 aliphatic rings. The van der Waals surface area contributed by atoms with Crippen molar-refractivity contribution in [1.29, 1.82) is 0 Å². The molecule has 1 aromatic carbocycles. The van der Waals surface area contributed by atoms with Crippen molar-refractivity contribution in [2.45, 2.75) is 70.1 Å². The highest BCUT2D eigenvalue weighted by Gasteiger charge is 2.62. The summed E-state index contributed by atoms with van der Waals surface area (Å²) >= 11 is 0. The minimum atomic E-state index is -3.65. The number of benzene rings is 1. The highest BCUT2D eigenvalue weighted by atomic mass is 32.2. The lowest BCUT2D eigenvalue weighted by molar-refractivity contribution is -0.139. The van der Waals surface area contributed by atoms with Crippen molar-refractivity contribution in [2.24, 2.45) is 22.7 Å². The fourth-order valence-corrected chi connectivity index (χ4v) is 9.57. The number of carboxylic acids is 1. The standard InChI is InChI=1S/C23H32O6S/c1-21(2)7-5-8-22(3)17(21)6-9-23(4)18(22)13-30(27,28)16-11-14(29-12-19(25)26)10-15(24)20(16)23/h10-11,17-18,24H,5-9,12-13H2,1-4H3,(H,25,26)/t17-,18+,22-,23+/m0/s1. The minimum absolute atomic E-state index is 0.0569. The van der Waals surface area contributed by atoms with Gasteiger partial charge in [0.05, 0.1) is 10.6 Å². The van der Waals surface area contributed by atoms with Gasteiger partial charge in [-0.15, -0.1) is 0 Å². The number of hydrogen-bond acceptors (Lipinski definition) is 5. The van der Waals surface area contributed by atoms with Crippen molar-refractivity contribution >= 4 is 15.8 Å². The molecule has 7 heteroatoms. The van der Waals surface area contributed by atoms with E-state index in [2.05, 4.69) is 27.7 Å². The third kappa shape index (κ3) is 3.03. The van der Waals surface area contributed by atoms with Gasteiger partial charge in [-0.05, 0) is 54.4 Å². The average Bonchev–Trinajstić information content (AvgIpc) is 2.61. The average molecular weight is 437 g/mol. The summed E-state index contributed by atoms with van der Waals surface area (Å²) in [5.41, 5.74) is 0.109. The van der Waals surface area contributed by atoms with Gasteiger partial charge in [-0.2, -0.15) is 0 Å². The van der Waals surface area contributed by atoms with E-state index in [1.165, 1.54) is 12.1 Å². The molecule has 0 amide bonds. The minimum Gasteiger partial charge on any atom is -0.507 e. The topological polar surface area (TPSA) is 101 Å². The van der Waals surface area contributed by atoms with Crippen LogP contribution in [0.3, 0.4) is 0 Å². The van der Waals surface area contributed by atoms with Crippen LogP contribution in [0.1, 0.15) is 65.4 Å². The summed E-state index contributed by atoms with van der Waals surface area (Å²) in [6, 6.07) is 2.76. The number of carbonyl (C=O) groups is 1. The molecule has 4 rings (SSSR count). The Labute approximate surface area is 178 Å². The number of ether oxygens (including phenoxy) is 1. The van der Waals surface area contributed by atoms with Crippen LogP contribution in [-0.4, -0.2) is 37.0 Å². The number of rotatable bonds is 3. The fraction of sp³-hybridized carbons (Fsp3) is 0.696. The van der Waals surface area contributed by atoms with Crippen LogP contribution in [0.2, 0.25) is 0 Å². The summed E-state index contributed by atoms with van der Waals surface area (Å²) in [5, 5.41) is 19.8. The first-order valence-corrected chi connectivity index (χ1v) is 12.4. The molecule has 1 aromatic rings. The Morgan fingerprint density at radius 1 is 1.13 bits per heavy atom. The Kier molecular flexibility index (Phi) is 4.74.